The second-order valence-corrected chi connectivity index (χ2v) is 18.3. The van der Waals surface area contributed by atoms with Crippen LogP contribution in [0.1, 0.15) is 47.2 Å². The van der Waals surface area contributed by atoms with Crippen LogP contribution in [0, 0.1) is 0 Å². The summed E-state index contributed by atoms with van der Waals surface area (Å²) in [5, 5.41) is 2.61. The van der Waals surface area contributed by atoms with Crippen molar-refractivity contribution < 1.29 is 0 Å². The summed E-state index contributed by atoms with van der Waals surface area (Å²) in [7, 11) is 0. The SMILES string of the molecule is CC1(C)c2ccccc2-c2ccc(N(c3ccc(-c4ccc5c(c4)C4(c6ccccc6-c6ccccc64)c4ccccc4-5)cc3)c3ccc4sc5ccccc5c4c3)cc21. The van der Waals surface area contributed by atoms with Crippen LogP contribution in [-0.4, -0.2) is 0 Å². The molecule has 3 aliphatic carbocycles. The third-order valence-electron chi connectivity index (χ3n) is 13.9. The molecule has 1 heterocycles. The molecule has 1 spiro atoms. The fraction of sp³-hybridized carbons (Fsp3) is 0.0690. The number of hydrogen-bond donors (Lipinski definition) is 0. The topological polar surface area (TPSA) is 3.24 Å². The van der Waals surface area contributed by atoms with Crippen LogP contribution in [0.3, 0.4) is 0 Å². The van der Waals surface area contributed by atoms with Crippen LogP contribution in [0.4, 0.5) is 17.1 Å². The fourth-order valence-corrected chi connectivity index (χ4v) is 12.3. The smallest absolute Gasteiger partial charge is 0.0725 e. The second kappa shape index (κ2) is 12.3. The van der Waals surface area contributed by atoms with Crippen LogP contribution in [0.2, 0.25) is 0 Å². The highest BCUT2D eigenvalue weighted by molar-refractivity contribution is 7.25. The number of rotatable bonds is 4. The van der Waals surface area contributed by atoms with E-state index >= 15 is 0 Å². The molecule has 0 aliphatic heterocycles. The van der Waals surface area contributed by atoms with E-state index in [1.807, 2.05) is 11.3 Å². The highest BCUT2D eigenvalue weighted by Crippen LogP contribution is 2.63. The summed E-state index contributed by atoms with van der Waals surface area (Å²) in [5.74, 6) is 0. The maximum Gasteiger partial charge on any atom is 0.0725 e. The summed E-state index contributed by atoms with van der Waals surface area (Å²) < 4.78 is 2.63. The lowest BCUT2D eigenvalue weighted by Gasteiger charge is -2.30. The van der Waals surface area contributed by atoms with E-state index in [1.165, 1.54) is 98.1 Å². The molecular weight excluding hydrogens is 743 g/mol. The summed E-state index contributed by atoms with van der Waals surface area (Å²) in [6.45, 7) is 4.73. The first-order valence-electron chi connectivity index (χ1n) is 21.0. The molecular formula is C58H39NS. The molecule has 0 atom stereocenters. The molecule has 0 saturated heterocycles. The number of hydrogen-bond acceptors (Lipinski definition) is 2. The molecule has 10 aromatic rings. The first kappa shape index (κ1) is 33.9. The fourth-order valence-electron chi connectivity index (χ4n) is 11.2. The summed E-state index contributed by atoms with van der Waals surface area (Å²) >= 11 is 1.87. The van der Waals surface area contributed by atoms with Crippen molar-refractivity contribution in [3.8, 4) is 44.5 Å². The van der Waals surface area contributed by atoms with Crippen molar-refractivity contribution in [2.24, 2.45) is 0 Å². The second-order valence-electron chi connectivity index (χ2n) is 17.2. The highest BCUT2D eigenvalue weighted by atomic mass is 32.1. The quantitative estimate of drug-likeness (QED) is 0.172. The summed E-state index contributed by atoms with van der Waals surface area (Å²) in [4.78, 5) is 2.45. The van der Waals surface area contributed by atoms with Crippen LogP contribution < -0.4 is 4.90 Å². The highest BCUT2D eigenvalue weighted by Gasteiger charge is 2.51. The van der Waals surface area contributed by atoms with Crippen molar-refractivity contribution in [2.75, 3.05) is 4.90 Å². The van der Waals surface area contributed by atoms with Gasteiger partial charge in [-0.05, 0) is 132 Å². The van der Waals surface area contributed by atoms with Gasteiger partial charge < -0.3 is 4.90 Å². The number of anilines is 3. The molecule has 0 N–H and O–H groups in total. The van der Waals surface area contributed by atoms with Crippen molar-refractivity contribution in [3.63, 3.8) is 0 Å². The van der Waals surface area contributed by atoms with Gasteiger partial charge in [0, 0.05) is 42.6 Å². The molecule has 2 heteroatoms. The Balaban J connectivity index is 0.965. The van der Waals surface area contributed by atoms with Gasteiger partial charge in [-0.1, -0.05) is 159 Å². The first-order valence-corrected chi connectivity index (χ1v) is 21.8. The van der Waals surface area contributed by atoms with E-state index in [4.69, 9.17) is 0 Å². The van der Waals surface area contributed by atoms with Gasteiger partial charge in [0.2, 0.25) is 0 Å². The molecule has 1 nitrogen and oxygen atoms in total. The zero-order valence-electron chi connectivity index (χ0n) is 33.4. The number of benzene rings is 9. The standard InChI is InChI=1S/C58H39NS/c1-57(2)49-18-8-3-13-41(49)45-31-28-40(35-53(45)57)59(39-29-32-56-48(34-39)47-17-7-12-22-55(47)60-56)38-26-23-36(24-27-38)37-25-30-46-44-16-6-11-21-52(44)58(54(46)33-37)50-19-9-4-14-42(50)43-15-5-10-20-51(43)58/h3-35H,1-2H3. The molecule has 60 heavy (non-hydrogen) atoms. The molecule has 282 valence electrons. The van der Waals surface area contributed by atoms with E-state index in [9.17, 15) is 0 Å². The Hall–Kier alpha value is -7.00. The Labute approximate surface area is 354 Å². The Bertz CT molecular complexity index is 3360. The van der Waals surface area contributed by atoms with Crippen LogP contribution >= 0.6 is 11.3 Å². The molecule has 0 unspecified atom stereocenters. The van der Waals surface area contributed by atoms with Gasteiger partial charge >= 0.3 is 0 Å². The molecule has 3 aliphatic rings. The van der Waals surface area contributed by atoms with Crippen LogP contribution in [0.25, 0.3) is 64.7 Å². The zero-order chi connectivity index (χ0) is 39.7. The monoisotopic (exact) mass is 781 g/mol. The maximum absolute atomic E-state index is 2.48. The Morgan fingerprint density at radius 2 is 0.800 bits per heavy atom. The van der Waals surface area contributed by atoms with Gasteiger partial charge in [0.15, 0.2) is 0 Å². The normalized spacial score (nSPS) is 14.4. The lowest BCUT2D eigenvalue weighted by molar-refractivity contribution is 0.660. The van der Waals surface area contributed by atoms with E-state index < -0.39 is 0 Å². The lowest BCUT2D eigenvalue weighted by Crippen LogP contribution is -2.25. The Kier molecular flexibility index (Phi) is 6.94. The summed E-state index contributed by atoms with van der Waals surface area (Å²) in [5.41, 5.74) is 21.6. The molecule has 13 rings (SSSR count). The van der Waals surface area contributed by atoms with Crippen LogP contribution in [0.15, 0.2) is 200 Å². The largest absolute Gasteiger partial charge is 0.310 e. The van der Waals surface area contributed by atoms with E-state index in [0.717, 1.165) is 17.1 Å². The van der Waals surface area contributed by atoms with Gasteiger partial charge in [0.1, 0.15) is 0 Å². The molecule has 1 aromatic heterocycles. The zero-order valence-corrected chi connectivity index (χ0v) is 34.2. The third kappa shape index (κ3) is 4.46. The van der Waals surface area contributed by atoms with Gasteiger partial charge in [0.25, 0.3) is 0 Å². The summed E-state index contributed by atoms with van der Waals surface area (Å²) in [6.07, 6.45) is 0. The molecule has 0 bridgehead atoms. The minimum atomic E-state index is -0.364. The lowest BCUT2D eigenvalue weighted by atomic mass is 9.70. The Morgan fingerprint density at radius 3 is 1.48 bits per heavy atom. The molecule has 0 amide bonds. The molecule has 0 fully saturated rings. The maximum atomic E-state index is 2.48. The van der Waals surface area contributed by atoms with Crippen molar-refractivity contribution in [1.29, 1.82) is 0 Å². The average Bonchev–Trinajstić information content (AvgIpc) is 3.99. The number of fused-ring (bicyclic) bond motifs is 16. The van der Waals surface area contributed by atoms with Crippen molar-refractivity contribution >= 4 is 48.6 Å². The van der Waals surface area contributed by atoms with E-state index in [2.05, 4.69) is 219 Å². The van der Waals surface area contributed by atoms with Crippen LogP contribution in [0.5, 0.6) is 0 Å². The molecule has 9 aromatic carbocycles. The average molecular weight is 782 g/mol. The predicted octanol–water partition coefficient (Wildman–Crippen LogP) is 15.8. The van der Waals surface area contributed by atoms with E-state index in [1.54, 1.807) is 0 Å². The first-order chi connectivity index (χ1) is 29.5. The Morgan fingerprint density at radius 1 is 0.333 bits per heavy atom. The summed E-state index contributed by atoms with van der Waals surface area (Å²) in [6, 6.07) is 75.4. The van der Waals surface area contributed by atoms with Crippen molar-refractivity contribution in [3.05, 3.63) is 234 Å². The van der Waals surface area contributed by atoms with E-state index in [-0.39, 0.29) is 10.8 Å². The van der Waals surface area contributed by atoms with Crippen molar-refractivity contribution in [2.45, 2.75) is 24.7 Å². The van der Waals surface area contributed by atoms with Crippen molar-refractivity contribution in [1.82, 2.24) is 0 Å². The van der Waals surface area contributed by atoms with Gasteiger partial charge in [-0.15, -0.1) is 11.3 Å². The molecule has 0 radical (unpaired) electrons. The number of nitrogens with zero attached hydrogens (tertiary/aromatic N) is 1. The number of thiophene rings is 1. The third-order valence-corrected chi connectivity index (χ3v) is 15.1. The van der Waals surface area contributed by atoms with Gasteiger partial charge in [-0.3, -0.25) is 0 Å². The van der Waals surface area contributed by atoms with Gasteiger partial charge in [0.05, 0.1) is 5.41 Å². The van der Waals surface area contributed by atoms with Crippen LogP contribution in [-0.2, 0) is 10.8 Å². The minimum Gasteiger partial charge on any atom is -0.310 e. The van der Waals surface area contributed by atoms with E-state index in [0.29, 0.717) is 0 Å². The molecule has 0 saturated carbocycles. The predicted molar refractivity (Wildman–Crippen MR) is 253 cm³/mol. The van der Waals surface area contributed by atoms with Gasteiger partial charge in [-0.25, -0.2) is 0 Å². The minimum absolute atomic E-state index is 0.101. The van der Waals surface area contributed by atoms with Gasteiger partial charge in [-0.2, -0.15) is 0 Å².